The summed E-state index contributed by atoms with van der Waals surface area (Å²) in [4.78, 5) is 2.04. The highest BCUT2D eigenvalue weighted by atomic mass is 19.3. The molecule has 1 aliphatic heterocycles. The molecule has 16 heavy (non-hydrogen) atoms. The van der Waals surface area contributed by atoms with Gasteiger partial charge in [0.25, 0.3) is 0 Å². The Labute approximate surface area is 91.7 Å². The van der Waals surface area contributed by atoms with E-state index in [1.54, 1.807) is 0 Å². The third-order valence-electron chi connectivity index (χ3n) is 2.39. The second-order valence-electron chi connectivity index (χ2n) is 3.69. The molecule has 0 spiro atoms. The van der Waals surface area contributed by atoms with Gasteiger partial charge in [0, 0.05) is 26.2 Å². The lowest BCUT2D eigenvalue weighted by atomic mass is 10.3. The highest BCUT2D eigenvalue weighted by molar-refractivity contribution is 4.73. The van der Waals surface area contributed by atoms with E-state index >= 15 is 0 Å². The van der Waals surface area contributed by atoms with Gasteiger partial charge in [-0.25, -0.2) is 8.78 Å². The number of nitrogens with zero attached hydrogens (tertiary/aromatic N) is 1. The molecule has 1 aliphatic rings. The van der Waals surface area contributed by atoms with Crippen LogP contribution in [0.4, 0.5) is 17.6 Å². The number of halogens is 4. The van der Waals surface area contributed by atoms with Crippen molar-refractivity contribution in [3.8, 4) is 0 Å². The lowest BCUT2D eigenvalue weighted by Crippen LogP contribution is -2.44. The molecule has 1 saturated heterocycles. The fraction of sp³-hybridized carbons (Fsp3) is 1.00. The molecule has 1 rings (SSSR count). The number of hydrogen-bond acceptors (Lipinski definition) is 3. The van der Waals surface area contributed by atoms with Crippen molar-refractivity contribution in [2.45, 2.75) is 12.3 Å². The average molecular weight is 244 g/mol. The fourth-order valence-electron chi connectivity index (χ4n) is 1.39. The molecule has 0 aliphatic carbocycles. The van der Waals surface area contributed by atoms with Crippen molar-refractivity contribution in [3.05, 3.63) is 0 Å². The minimum Gasteiger partial charge on any atom is -0.379 e. The van der Waals surface area contributed by atoms with Crippen LogP contribution in [0, 0.1) is 0 Å². The minimum atomic E-state index is -3.94. The molecule has 1 N–H and O–H groups in total. The maximum absolute atomic E-state index is 12.5. The van der Waals surface area contributed by atoms with Gasteiger partial charge in [0.15, 0.2) is 0 Å². The van der Waals surface area contributed by atoms with Gasteiger partial charge in [-0.05, 0) is 0 Å². The molecule has 0 aromatic heterocycles. The van der Waals surface area contributed by atoms with Crippen molar-refractivity contribution in [1.82, 2.24) is 10.2 Å². The lowest BCUT2D eigenvalue weighted by Gasteiger charge is -2.26. The number of ether oxygens (including phenoxy) is 1. The van der Waals surface area contributed by atoms with Crippen LogP contribution in [0.1, 0.15) is 0 Å². The first kappa shape index (κ1) is 13.7. The normalized spacial score (nSPS) is 19.3. The monoisotopic (exact) mass is 244 g/mol. The Kier molecular flexibility index (Phi) is 5.43. The van der Waals surface area contributed by atoms with Gasteiger partial charge in [-0.15, -0.1) is 0 Å². The van der Waals surface area contributed by atoms with E-state index in [4.69, 9.17) is 4.74 Å². The third kappa shape index (κ3) is 4.63. The van der Waals surface area contributed by atoms with Gasteiger partial charge in [0.05, 0.1) is 19.8 Å². The van der Waals surface area contributed by atoms with E-state index in [0.717, 1.165) is 13.1 Å². The fourth-order valence-corrected chi connectivity index (χ4v) is 1.39. The van der Waals surface area contributed by atoms with E-state index in [1.807, 2.05) is 4.90 Å². The Morgan fingerprint density at radius 2 is 1.88 bits per heavy atom. The van der Waals surface area contributed by atoms with Crippen LogP contribution < -0.4 is 5.32 Å². The van der Waals surface area contributed by atoms with Crippen LogP contribution >= 0.6 is 0 Å². The molecular formula is C9H16F4N2O. The van der Waals surface area contributed by atoms with Gasteiger partial charge in [0.2, 0.25) is 0 Å². The molecule has 0 bridgehead atoms. The van der Waals surface area contributed by atoms with E-state index in [0.29, 0.717) is 19.8 Å². The first-order chi connectivity index (χ1) is 7.52. The smallest absolute Gasteiger partial charge is 0.319 e. The molecule has 0 aromatic carbocycles. The quantitative estimate of drug-likeness (QED) is 0.552. The van der Waals surface area contributed by atoms with E-state index in [-0.39, 0.29) is 6.54 Å². The van der Waals surface area contributed by atoms with Gasteiger partial charge in [-0.2, -0.15) is 8.78 Å². The summed E-state index contributed by atoms with van der Waals surface area (Å²) < 4.78 is 53.6. The van der Waals surface area contributed by atoms with E-state index in [9.17, 15) is 17.6 Å². The van der Waals surface area contributed by atoms with Crippen LogP contribution in [0.3, 0.4) is 0 Å². The summed E-state index contributed by atoms with van der Waals surface area (Å²) in [7, 11) is 0. The molecule has 1 fully saturated rings. The standard InChI is InChI=1S/C9H16F4N2O/c10-8(11)9(12,13)7-14-1-2-15-3-5-16-6-4-15/h8,14H,1-7H2. The topological polar surface area (TPSA) is 24.5 Å². The molecule has 0 radical (unpaired) electrons. The van der Waals surface area contributed by atoms with Gasteiger partial charge in [0.1, 0.15) is 0 Å². The second kappa shape index (κ2) is 6.36. The zero-order valence-corrected chi connectivity index (χ0v) is 8.89. The number of morpholine rings is 1. The van der Waals surface area contributed by atoms with Crippen molar-refractivity contribution >= 4 is 0 Å². The summed E-state index contributed by atoms with van der Waals surface area (Å²) in [5.74, 6) is -3.94. The summed E-state index contributed by atoms with van der Waals surface area (Å²) in [6.07, 6.45) is -3.61. The van der Waals surface area contributed by atoms with E-state index in [1.165, 1.54) is 0 Å². The Bertz CT molecular complexity index is 198. The molecule has 0 aromatic rings. The highest BCUT2D eigenvalue weighted by Crippen LogP contribution is 2.21. The summed E-state index contributed by atoms with van der Waals surface area (Å²) in [6, 6.07) is 0. The summed E-state index contributed by atoms with van der Waals surface area (Å²) in [5, 5.41) is 2.34. The molecule has 0 atom stereocenters. The SMILES string of the molecule is FC(F)C(F)(F)CNCCN1CCOCC1. The zero-order chi connectivity index (χ0) is 12.0. The molecule has 96 valence electrons. The Hall–Kier alpha value is -0.400. The number of nitrogens with one attached hydrogen (secondary N) is 1. The second-order valence-corrected chi connectivity index (χ2v) is 3.69. The van der Waals surface area contributed by atoms with Crippen LogP contribution in [0.15, 0.2) is 0 Å². The predicted octanol–water partition coefficient (Wildman–Crippen LogP) is 0.809. The molecule has 7 heteroatoms. The maximum Gasteiger partial charge on any atom is 0.319 e. The summed E-state index contributed by atoms with van der Waals surface area (Å²) in [6.45, 7) is 2.65. The third-order valence-corrected chi connectivity index (χ3v) is 2.39. The van der Waals surface area contributed by atoms with Crippen molar-refractivity contribution in [2.75, 3.05) is 45.9 Å². The van der Waals surface area contributed by atoms with Crippen molar-refractivity contribution in [1.29, 1.82) is 0 Å². The van der Waals surface area contributed by atoms with Crippen molar-refractivity contribution < 1.29 is 22.3 Å². The first-order valence-electron chi connectivity index (χ1n) is 5.19. The van der Waals surface area contributed by atoms with Crippen LogP contribution in [-0.2, 0) is 4.74 Å². The summed E-state index contributed by atoms with van der Waals surface area (Å²) >= 11 is 0. The average Bonchev–Trinajstić information content (AvgIpc) is 2.26. The minimum absolute atomic E-state index is 0.280. The highest BCUT2D eigenvalue weighted by Gasteiger charge is 2.39. The van der Waals surface area contributed by atoms with Gasteiger partial charge in [-0.1, -0.05) is 0 Å². The molecule has 0 unspecified atom stereocenters. The molecule has 0 amide bonds. The lowest BCUT2D eigenvalue weighted by molar-refractivity contribution is -0.125. The molecule has 1 heterocycles. The first-order valence-corrected chi connectivity index (χ1v) is 5.19. The van der Waals surface area contributed by atoms with E-state index in [2.05, 4.69) is 5.32 Å². The van der Waals surface area contributed by atoms with Crippen LogP contribution in [0.25, 0.3) is 0 Å². The molecule has 0 saturated carbocycles. The van der Waals surface area contributed by atoms with Gasteiger partial charge < -0.3 is 10.1 Å². The van der Waals surface area contributed by atoms with Crippen molar-refractivity contribution in [2.24, 2.45) is 0 Å². The Morgan fingerprint density at radius 3 is 2.44 bits per heavy atom. The van der Waals surface area contributed by atoms with Crippen LogP contribution in [0.2, 0.25) is 0 Å². The van der Waals surface area contributed by atoms with Gasteiger partial charge >= 0.3 is 12.3 Å². The number of alkyl halides is 4. The molecular weight excluding hydrogens is 228 g/mol. The van der Waals surface area contributed by atoms with Crippen LogP contribution in [-0.4, -0.2) is 63.2 Å². The van der Waals surface area contributed by atoms with Gasteiger partial charge in [-0.3, -0.25) is 4.90 Å². The van der Waals surface area contributed by atoms with Crippen molar-refractivity contribution in [3.63, 3.8) is 0 Å². The Balaban J connectivity index is 2.06. The van der Waals surface area contributed by atoms with Crippen LogP contribution in [0.5, 0.6) is 0 Å². The number of hydrogen-bond donors (Lipinski definition) is 1. The number of rotatable bonds is 6. The Morgan fingerprint density at radius 1 is 1.25 bits per heavy atom. The predicted molar refractivity (Wildman–Crippen MR) is 51.1 cm³/mol. The largest absolute Gasteiger partial charge is 0.379 e. The summed E-state index contributed by atoms with van der Waals surface area (Å²) in [5.41, 5.74) is 0. The van der Waals surface area contributed by atoms with E-state index < -0.39 is 18.9 Å². The maximum atomic E-state index is 12.5. The molecule has 3 nitrogen and oxygen atoms in total. The zero-order valence-electron chi connectivity index (χ0n) is 8.89.